The normalized spacial score (nSPS) is 10.9. The molecule has 3 rings (SSSR count). The van der Waals surface area contributed by atoms with Gasteiger partial charge in [0.1, 0.15) is 11.8 Å². The Morgan fingerprint density at radius 3 is 2.89 bits per heavy atom. The van der Waals surface area contributed by atoms with Crippen molar-refractivity contribution >= 4 is 39.2 Å². The van der Waals surface area contributed by atoms with E-state index in [0.717, 1.165) is 0 Å². The minimum Gasteiger partial charge on any atom is -0.463 e. The van der Waals surface area contributed by atoms with Crippen LogP contribution in [-0.2, 0) is 0 Å². The minimum atomic E-state index is -0.0735. The van der Waals surface area contributed by atoms with Gasteiger partial charge in [0.05, 0.1) is 10.3 Å². The molecule has 0 fully saturated rings. The highest BCUT2D eigenvalue weighted by Gasteiger charge is 2.10. The van der Waals surface area contributed by atoms with Crippen molar-refractivity contribution in [3.05, 3.63) is 40.8 Å². The maximum absolute atomic E-state index is 12.2. The average Bonchev–Trinajstić information content (AvgIpc) is 2.79. The van der Waals surface area contributed by atoms with E-state index in [4.69, 9.17) is 10.2 Å². The topological polar surface area (TPSA) is 82.0 Å². The van der Waals surface area contributed by atoms with Crippen LogP contribution in [0.5, 0.6) is 0 Å². The van der Waals surface area contributed by atoms with Gasteiger partial charge in [0.15, 0.2) is 4.34 Å². The summed E-state index contributed by atoms with van der Waals surface area (Å²) in [7, 11) is 0. The summed E-state index contributed by atoms with van der Waals surface area (Å²) in [6.07, 6.45) is 1.44. The molecule has 1 aromatic carbocycles. The summed E-state index contributed by atoms with van der Waals surface area (Å²) in [5.41, 5.74) is 5.99. The Morgan fingerprint density at radius 2 is 2.11 bits per heavy atom. The molecule has 7 heteroatoms. The molecule has 0 atom stereocenters. The zero-order valence-electron chi connectivity index (χ0n) is 8.99. The molecule has 5 nitrogen and oxygen atoms in total. The molecule has 0 saturated heterocycles. The zero-order chi connectivity index (χ0) is 12.5. The van der Waals surface area contributed by atoms with Gasteiger partial charge in [-0.1, -0.05) is 23.5 Å². The molecule has 2 N–H and O–H groups in total. The minimum absolute atomic E-state index is 0.0735. The van der Waals surface area contributed by atoms with E-state index in [2.05, 4.69) is 10.2 Å². The number of aromatic nitrogens is 2. The predicted molar refractivity (Wildman–Crippen MR) is 70.9 cm³/mol. The van der Waals surface area contributed by atoms with Gasteiger partial charge < -0.3 is 10.2 Å². The maximum atomic E-state index is 12.2. The molecule has 3 aromatic rings. The van der Waals surface area contributed by atoms with E-state index in [1.807, 2.05) is 6.07 Å². The van der Waals surface area contributed by atoms with Crippen molar-refractivity contribution in [2.24, 2.45) is 0 Å². The highest BCUT2D eigenvalue weighted by atomic mass is 32.2. The lowest BCUT2D eigenvalue weighted by molar-refractivity contribution is 0.587. The van der Waals surface area contributed by atoms with Gasteiger partial charge >= 0.3 is 0 Å². The number of nitrogen functional groups attached to an aromatic ring is 1. The third-order valence-electron chi connectivity index (χ3n) is 2.27. The van der Waals surface area contributed by atoms with E-state index in [9.17, 15) is 4.79 Å². The Bertz CT molecular complexity index is 766. The van der Waals surface area contributed by atoms with E-state index in [-0.39, 0.29) is 5.43 Å². The summed E-state index contributed by atoms with van der Waals surface area (Å²) in [5, 5.41) is 8.49. The van der Waals surface area contributed by atoms with Gasteiger partial charge in [-0.2, -0.15) is 0 Å². The molecule has 0 unspecified atom stereocenters. The third kappa shape index (κ3) is 1.98. The van der Waals surface area contributed by atoms with Crippen LogP contribution in [0.3, 0.4) is 0 Å². The van der Waals surface area contributed by atoms with Crippen LogP contribution >= 0.6 is 23.1 Å². The van der Waals surface area contributed by atoms with Gasteiger partial charge in [-0.15, -0.1) is 10.2 Å². The number of nitrogens with two attached hydrogens (primary N) is 1. The standard InChI is InChI=1S/C11H7N3O2S2/c12-10-13-14-11(18-10)17-8-5-16-7-4-2-1-3-6(7)9(8)15/h1-5H,(H2,12,13). The van der Waals surface area contributed by atoms with Gasteiger partial charge in [-0.25, -0.2) is 0 Å². The SMILES string of the molecule is Nc1nnc(Sc2coc3ccccc3c2=O)s1. The number of fused-ring (bicyclic) bond motifs is 1. The number of rotatable bonds is 2. The number of nitrogens with zero attached hydrogens (tertiary/aromatic N) is 2. The monoisotopic (exact) mass is 277 g/mol. The summed E-state index contributed by atoms with van der Waals surface area (Å²) in [4.78, 5) is 12.7. The molecule has 0 aliphatic rings. The third-order valence-corrected chi connectivity index (χ3v) is 4.07. The number of hydrogen-bond donors (Lipinski definition) is 1. The predicted octanol–water partition coefficient (Wildman–Crippen LogP) is 2.38. The van der Waals surface area contributed by atoms with Crippen LogP contribution in [0.25, 0.3) is 11.0 Å². The Balaban J connectivity index is 2.08. The van der Waals surface area contributed by atoms with E-state index < -0.39 is 0 Å². The van der Waals surface area contributed by atoms with Crippen LogP contribution in [0.1, 0.15) is 0 Å². The fourth-order valence-electron chi connectivity index (χ4n) is 1.49. The molecule has 0 spiro atoms. The lowest BCUT2D eigenvalue weighted by atomic mass is 10.2. The van der Waals surface area contributed by atoms with Gasteiger partial charge in [-0.3, -0.25) is 4.79 Å². The second kappa shape index (κ2) is 4.43. The van der Waals surface area contributed by atoms with E-state index >= 15 is 0 Å². The fourth-order valence-corrected chi connectivity index (χ4v) is 3.09. The molecule has 0 saturated carbocycles. The summed E-state index contributed by atoms with van der Waals surface area (Å²) >= 11 is 2.44. The van der Waals surface area contributed by atoms with Crippen LogP contribution in [0, 0.1) is 0 Å². The van der Waals surface area contributed by atoms with Gasteiger partial charge in [0.2, 0.25) is 10.6 Å². The molecule has 0 amide bonds. The molecule has 18 heavy (non-hydrogen) atoms. The molecular weight excluding hydrogens is 270 g/mol. The first-order chi connectivity index (χ1) is 8.74. The van der Waals surface area contributed by atoms with Crippen LogP contribution < -0.4 is 11.2 Å². The zero-order valence-corrected chi connectivity index (χ0v) is 10.6. The molecule has 0 bridgehead atoms. The first kappa shape index (κ1) is 11.2. The summed E-state index contributed by atoms with van der Waals surface area (Å²) in [6, 6.07) is 7.12. The van der Waals surface area contributed by atoms with E-state index in [1.54, 1.807) is 18.2 Å². The summed E-state index contributed by atoms with van der Waals surface area (Å²) < 4.78 is 6.03. The molecule has 0 aliphatic heterocycles. The number of anilines is 1. The second-order valence-corrected chi connectivity index (χ2v) is 5.73. The first-order valence-corrected chi connectivity index (χ1v) is 6.65. The highest BCUT2D eigenvalue weighted by molar-refractivity contribution is 8.01. The first-order valence-electron chi connectivity index (χ1n) is 5.01. The Hall–Kier alpha value is -1.86. The van der Waals surface area contributed by atoms with Gasteiger partial charge in [-0.05, 0) is 23.9 Å². The van der Waals surface area contributed by atoms with E-state index in [1.165, 1.54) is 29.4 Å². The smallest absolute Gasteiger partial charge is 0.206 e. The quantitative estimate of drug-likeness (QED) is 0.774. The maximum Gasteiger partial charge on any atom is 0.206 e. The largest absolute Gasteiger partial charge is 0.463 e. The highest BCUT2D eigenvalue weighted by Crippen LogP contribution is 2.29. The Kier molecular flexibility index (Phi) is 2.77. The lowest BCUT2D eigenvalue weighted by Gasteiger charge is -1.98. The molecule has 0 radical (unpaired) electrons. The van der Waals surface area contributed by atoms with Crippen LogP contribution in [-0.4, -0.2) is 10.2 Å². The van der Waals surface area contributed by atoms with Crippen molar-refractivity contribution in [3.63, 3.8) is 0 Å². The molecule has 2 heterocycles. The van der Waals surface area contributed by atoms with Crippen LogP contribution in [0.4, 0.5) is 5.13 Å². The lowest BCUT2D eigenvalue weighted by Crippen LogP contribution is -2.03. The molecule has 2 aromatic heterocycles. The Labute approximate surface area is 110 Å². The van der Waals surface area contributed by atoms with Crippen molar-refractivity contribution in [2.45, 2.75) is 9.24 Å². The Morgan fingerprint density at radius 1 is 1.28 bits per heavy atom. The molecule has 0 aliphatic carbocycles. The van der Waals surface area contributed by atoms with Crippen molar-refractivity contribution < 1.29 is 4.42 Å². The van der Waals surface area contributed by atoms with Crippen LogP contribution in [0.2, 0.25) is 0 Å². The summed E-state index contributed by atoms with van der Waals surface area (Å²) in [5.74, 6) is 0. The van der Waals surface area contributed by atoms with Crippen molar-refractivity contribution in [3.8, 4) is 0 Å². The second-order valence-electron chi connectivity index (χ2n) is 3.43. The van der Waals surface area contributed by atoms with Gasteiger partial charge in [0, 0.05) is 0 Å². The number of para-hydroxylation sites is 1. The van der Waals surface area contributed by atoms with E-state index in [0.29, 0.717) is 25.3 Å². The van der Waals surface area contributed by atoms with Crippen molar-refractivity contribution in [2.75, 3.05) is 5.73 Å². The number of hydrogen-bond acceptors (Lipinski definition) is 7. The van der Waals surface area contributed by atoms with Crippen molar-refractivity contribution in [1.29, 1.82) is 0 Å². The van der Waals surface area contributed by atoms with Crippen molar-refractivity contribution in [1.82, 2.24) is 10.2 Å². The molecular formula is C11H7N3O2S2. The number of benzene rings is 1. The average molecular weight is 277 g/mol. The fraction of sp³-hybridized carbons (Fsp3) is 0. The molecule has 90 valence electrons. The van der Waals surface area contributed by atoms with Crippen LogP contribution in [0.15, 0.2) is 49.0 Å². The van der Waals surface area contributed by atoms with Gasteiger partial charge in [0.25, 0.3) is 0 Å². The summed E-state index contributed by atoms with van der Waals surface area (Å²) in [6.45, 7) is 0.